The largest absolute Gasteiger partial charge is 0.444 e. The molecule has 0 aliphatic carbocycles. The number of carbonyl (C=O) groups excluding carboxylic acids is 3. The van der Waals surface area contributed by atoms with Gasteiger partial charge in [-0.1, -0.05) is 5.16 Å². The Morgan fingerprint density at radius 2 is 2.03 bits per heavy atom. The molecular formula is C14H23N5O9S. The highest BCUT2D eigenvalue weighted by atomic mass is 32.3. The summed E-state index contributed by atoms with van der Waals surface area (Å²) in [5.41, 5.74) is 4.74. The number of oxime groups is 1. The van der Waals surface area contributed by atoms with Crippen molar-refractivity contribution < 1.29 is 41.2 Å². The van der Waals surface area contributed by atoms with Gasteiger partial charge in [0, 0.05) is 6.42 Å². The first kappa shape index (κ1) is 22.6. The molecule has 2 bridgehead atoms. The minimum Gasteiger partial charge on any atom is -0.444 e. The summed E-state index contributed by atoms with van der Waals surface area (Å²) in [7, 11) is -4.99. The van der Waals surface area contributed by atoms with Crippen molar-refractivity contribution in [2.75, 3.05) is 19.7 Å². The fourth-order valence-corrected chi connectivity index (χ4v) is 3.09. The van der Waals surface area contributed by atoms with E-state index < -0.39 is 46.1 Å². The number of nitrogens with two attached hydrogens (primary N) is 1. The number of urea groups is 1. The van der Waals surface area contributed by atoms with Gasteiger partial charge in [0.05, 0.1) is 18.8 Å². The lowest BCUT2D eigenvalue weighted by Crippen LogP contribution is -2.51. The summed E-state index contributed by atoms with van der Waals surface area (Å²) >= 11 is 0. The Labute approximate surface area is 166 Å². The van der Waals surface area contributed by atoms with Gasteiger partial charge in [0.25, 0.3) is 0 Å². The lowest BCUT2D eigenvalue weighted by molar-refractivity contribution is -0.122. The monoisotopic (exact) mass is 437 g/mol. The van der Waals surface area contributed by atoms with Gasteiger partial charge in [-0.25, -0.2) is 9.59 Å². The lowest BCUT2D eigenvalue weighted by Gasteiger charge is -2.28. The van der Waals surface area contributed by atoms with Crippen molar-refractivity contribution in [2.45, 2.75) is 44.9 Å². The number of ether oxygens (including phenoxy) is 1. The van der Waals surface area contributed by atoms with Crippen molar-refractivity contribution in [3.63, 3.8) is 0 Å². The van der Waals surface area contributed by atoms with Gasteiger partial charge in [-0.15, -0.1) is 4.28 Å². The van der Waals surface area contributed by atoms with Crippen molar-refractivity contribution in [1.82, 2.24) is 15.3 Å². The highest BCUT2D eigenvalue weighted by Crippen LogP contribution is 2.29. The van der Waals surface area contributed by atoms with Crippen LogP contribution >= 0.6 is 0 Å². The van der Waals surface area contributed by atoms with Crippen LogP contribution in [0.2, 0.25) is 0 Å². The van der Waals surface area contributed by atoms with E-state index in [-0.39, 0.29) is 31.8 Å². The first-order valence-electron chi connectivity index (χ1n) is 8.50. The smallest absolute Gasteiger partial charge is 0.418 e. The summed E-state index contributed by atoms with van der Waals surface area (Å²) in [5, 5.41) is 6.65. The van der Waals surface area contributed by atoms with Gasteiger partial charge < -0.3 is 25.5 Å². The second-order valence-corrected chi connectivity index (χ2v) is 8.25. The van der Waals surface area contributed by atoms with Crippen LogP contribution in [0.1, 0.15) is 27.2 Å². The van der Waals surface area contributed by atoms with E-state index in [1.54, 1.807) is 20.8 Å². The maximum Gasteiger partial charge on any atom is 0.418 e. The molecule has 2 heterocycles. The summed E-state index contributed by atoms with van der Waals surface area (Å²) in [5.74, 6) is -0.829. The standard InChI is InChI=1S/C14H23N5O9S/c1-14(2,3)27-12(21)16-4-5-26-17-8-6-9(11(15)20)18-7-10(8)19(13(18)22)28-29(23,24)25/h9-10H,4-7H2,1-3H3,(H2,15,20)(H,16,21)(H,23,24,25)/t9-,10-/m0/s1. The normalized spacial score (nSPS) is 23.3. The molecule has 0 aromatic heterocycles. The number of hydrogen-bond donors (Lipinski definition) is 3. The van der Waals surface area contributed by atoms with E-state index in [2.05, 4.69) is 14.8 Å². The van der Waals surface area contributed by atoms with E-state index in [9.17, 15) is 22.8 Å². The minimum atomic E-state index is -4.99. The third-order valence-corrected chi connectivity index (χ3v) is 4.15. The minimum absolute atomic E-state index is 0.0475. The molecule has 0 aromatic carbocycles. The van der Waals surface area contributed by atoms with Crippen molar-refractivity contribution >= 4 is 34.1 Å². The Kier molecular flexibility index (Phi) is 6.54. The molecule has 0 saturated carbocycles. The van der Waals surface area contributed by atoms with Crippen LogP contribution in [-0.2, 0) is 29.1 Å². The number of carbonyl (C=O) groups is 3. The molecule has 2 fully saturated rings. The molecule has 0 spiro atoms. The van der Waals surface area contributed by atoms with Crippen LogP contribution in [0.5, 0.6) is 0 Å². The third kappa shape index (κ3) is 6.16. The Morgan fingerprint density at radius 3 is 2.59 bits per heavy atom. The Balaban J connectivity index is 2.01. The maximum atomic E-state index is 12.3. The molecular weight excluding hydrogens is 414 g/mol. The molecule has 2 aliphatic heterocycles. The molecule has 2 rings (SSSR count). The molecule has 0 aromatic rings. The lowest BCUT2D eigenvalue weighted by atomic mass is 9.98. The summed E-state index contributed by atoms with van der Waals surface area (Å²) in [6, 6.07) is -3.07. The topological polar surface area (TPSA) is 190 Å². The molecule has 0 unspecified atom stereocenters. The first-order valence-corrected chi connectivity index (χ1v) is 9.87. The van der Waals surface area contributed by atoms with E-state index in [0.29, 0.717) is 5.06 Å². The number of fused-ring (bicyclic) bond motifs is 2. The highest BCUT2D eigenvalue weighted by Gasteiger charge is 2.52. The van der Waals surface area contributed by atoms with E-state index in [1.807, 2.05) is 0 Å². The molecule has 2 saturated heterocycles. The van der Waals surface area contributed by atoms with E-state index in [0.717, 1.165) is 4.90 Å². The molecule has 4 N–H and O–H groups in total. The molecule has 2 atom stereocenters. The molecule has 4 amide bonds. The molecule has 15 heteroatoms. The fraction of sp³-hybridized carbons (Fsp3) is 0.714. The van der Waals surface area contributed by atoms with Gasteiger partial charge in [0.15, 0.2) is 0 Å². The molecule has 14 nitrogen and oxygen atoms in total. The number of nitrogens with one attached hydrogen (secondary N) is 1. The van der Waals surface area contributed by atoms with Gasteiger partial charge in [0.2, 0.25) is 5.91 Å². The second kappa shape index (κ2) is 8.38. The summed E-state index contributed by atoms with van der Waals surface area (Å²) < 4.78 is 40.2. The average Bonchev–Trinajstić information content (AvgIpc) is 2.79. The van der Waals surface area contributed by atoms with Gasteiger partial charge in [0.1, 0.15) is 24.3 Å². The first-order chi connectivity index (χ1) is 13.3. The number of piperidine rings is 1. The Hall–Kier alpha value is -2.65. The second-order valence-electron chi connectivity index (χ2n) is 7.25. The number of amides is 4. The fourth-order valence-electron chi connectivity index (χ4n) is 2.72. The predicted octanol–water partition coefficient (Wildman–Crippen LogP) is -1.02. The number of rotatable bonds is 7. The van der Waals surface area contributed by atoms with Crippen LogP contribution < -0.4 is 11.1 Å². The number of primary amides is 1. The van der Waals surface area contributed by atoms with E-state index in [4.69, 9.17) is 19.9 Å². The number of hydroxylamine groups is 2. The summed E-state index contributed by atoms with van der Waals surface area (Å²) in [6.45, 7) is 4.96. The van der Waals surface area contributed by atoms with Crippen molar-refractivity contribution in [3.8, 4) is 0 Å². The van der Waals surface area contributed by atoms with Crippen molar-refractivity contribution in [1.29, 1.82) is 0 Å². The summed E-state index contributed by atoms with van der Waals surface area (Å²) in [6.07, 6.45) is -0.763. The van der Waals surface area contributed by atoms with Crippen LogP contribution in [0.25, 0.3) is 0 Å². The van der Waals surface area contributed by atoms with Crippen LogP contribution in [0.4, 0.5) is 9.59 Å². The quantitative estimate of drug-likeness (QED) is 0.254. The zero-order chi connectivity index (χ0) is 22.0. The maximum absolute atomic E-state index is 12.3. The molecule has 29 heavy (non-hydrogen) atoms. The van der Waals surface area contributed by atoms with Gasteiger partial charge in [-0.3, -0.25) is 9.35 Å². The number of alkyl carbamates (subject to hydrolysis) is 1. The van der Waals surface area contributed by atoms with Crippen LogP contribution in [0, 0.1) is 0 Å². The Bertz CT molecular complexity index is 807. The van der Waals surface area contributed by atoms with E-state index in [1.165, 1.54) is 0 Å². The summed E-state index contributed by atoms with van der Waals surface area (Å²) in [4.78, 5) is 41.5. The highest BCUT2D eigenvalue weighted by molar-refractivity contribution is 7.80. The molecule has 0 radical (unpaired) electrons. The van der Waals surface area contributed by atoms with Crippen LogP contribution in [-0.4, -0.2) is 84.1 Å². The van der Waals surface area contributed by atoms with Gasteiger partial charge in [-0.2, -0.15) is 13.5 Å². The Morgan fingerprint density at radius 1 is 1.38 bits per heavy atom. The SMILES string of the molecule is CC(C)(C)OC(=O)NCCON=C1C[C@@H](C(N)=O)N2C[C@@H]1N(OS(=O)(=O)O)C2=O. The zero-order valence-electron chi connectivity index (χ0n) is 16.0. The van der Waals surface area contributed by atoms with Crippen molar-refractivity contribution in [3.05, 3.63) is 0 Å². The van der Waals surface area contributed by atoms with E-state index >= 15 is 0 Å². The number of hydrogen-bond acceptors (Lipinski definition) is 9. The van der Waals surface area contributed by atoms with Crippen molar-refractivity contribution in [2.24, 2.45) is 10.9 Å². The molecule has 164 valence electrons. The van der Waals surface area contributed by atoms with Gasteiger partial charge in [-0.05, 0) is 20.8 Å². The third-order valence-electron chi connectivity index (χ3n) is 3.80. The van der Waals surface area contributed by atoms with Crippen LogP contribution in [0.15, 0.2) is 5.16 Å². The van der Waals surface area contributed by atoms with Gasteiger partial charge >= 0.3 is 22.5 Å². The number of nitrogens with zero attached hydrogens (tertiary/aromatic N) is 3. The predicted molar refractivity (Wildman–Crippen MR) is 95.6 cm³/mol. The molecule has 2 aliphatic rings. The van der Waals surface area contributed by atoms with Crippen LogP contribution in [0.3, 0.4) is 0 Å². The average molecular weight is 437 g/mol. The zero-order valence-corrected chi connectivity index (χ0v) is 16.8.